The number of halogens is 2. The van der Waals surface area contributed by atoms with Gasteiger partial charge in [-0.25, -0.2) is 0 Å². The third-order valence-electron chi connectivity index (χ3n) is 4.28. The number of carbonyl (C=O) groups is 1. The van der Waals surface area contributed by atoms with Crippen LogP contribution in [-0.2, 0) is 16.1 Å². The third-order valence-corrected chi connectivity index (χ3v) is 4.28. The Hall–Kier alpha value is -0.850. The second-order valence-corrected chi connectivity index (χ2v) is 5.95. The third kappa shape index (κ3) is 6.57. The van der Waals surface area contributed by atoms with Gasteiger partial charge in [-0.1, -0.05) is 30.3 Å². The SMILES string of the molecule is COC(CN)CC(=O)N1CCN(Cc2ccccc2)CC1C.Cl.Cl. The molecule has 2 rings (SSSR count). The number of hydrogen-bond donors (Lipinski definition) is 1. The van der Waals surface area contributed by atoms with Crippen LogP contribution in [-0.4, -0.2) is 61.1 Å². The number of benzene rings is 1. The number of ether oxygens (including phenoxy) is 1. The van der Waals surface area contributed by atoms with Crippen LogP contribution in [0.3, 0.4) is 0 Å². The Kier molecular flexibility index (Phi) is 11.2. The molecule has 1 saturated heterocycles. The molecule has 2 N–H and O–H groups in total. The first-order chi connectivity index (χ1) is 10.6. The van der Waals surface area contributed by atoms with E-state index in [1.54, 1.807) is 7.11 Å². The Morgan fingerprint density at radius 1 is 1.29 bits per heavy atom. The van der Waals surface area contributed by atoms with E-state index < -0.39 is 0 Å². The standard InChI is InChI=1S/C17H27N3O2.2ClH/c1-14-12-19(13-15-6-4-3-5-7-15)8-9-20(14)17(21)10-16(11-18)22-2;;/h3-7,14,16H,8-13,18H2,1-2H3;2*1H. The predicted octanol–water partition coefficient (Wildman–Crippen LogP) is 1.93. The quantitative estimate of drug-likeness (QED) is 0.822. The van der Waals surface area contributed by atoms with Gasteiger partial charge in [-0.15, -0.1) is 24.8 Å². The Labute approximate surface area is 157 Å². The van der Waals surface area contributed by atoms with Crippen molar-refractivity contribution in [2.75, 3.05) is 33.3 Å². The fraction of sp³-hybridized carbons (Fsp3) is 0.588. The molecule has 1 amide bonds. The maximum atomic E-state index is 12.4. The van der Waals surface area contributed by atoms with E-state index in [0.717, 1.165) is 26.2 Å². The summed E-state index contributed by atoms with van der Waals surface area (Å²) in [4.78, 5) is 16.7. The monoisotopic (exact) mass is 377 g/mol. The zero-order valence-corrected chi connectivity index (χ0v) is 16.0. The average Bonchev–Trinajstić information content (AvgIpc) is 2.53. The highest BCUT2D eigenvalue weighted by Gasteiger charge is 2.28. The minimum atomic E-state index is -0.179. The van der Waals surface area contributed by atoms with E-state index in [0.29, 0.717) is 13.0 Å². The van der Waals surface area contributed by atoms with Gasteiger partial charge in [-0.3, -0.25) is 9.69 Å². The van der Waals surface area contributed by atoms with Crippen LogP contribution < -0.4 is 5.73 Å². The van der Waals surface area contributed by atoms with Crippen molar-refractivity contribution >= 4 is 30.7 Å². The molecule has 1 fully saturated rings. The lowest BCUT2D eigenvalue weighted by atomic mass is 10.1. The van der Waals surface area contributed by atoms with Gasteiger partial charge in [0, 0.05) is 45.9 Å². The highest BCUT2D eigenvalue weighted by molar-refractivity contribution is 5.85. The fourth-order valence-corrected chi connectivity index (χ4v) is 2.96. The van der Waals surface area contributed by atoms with Crippen molar-refractivity contribution in [2.45, 2.75) is 32.0 Å². The average molecular weight is 378 g/mol. The molecule has 7 heteroatoms. The first kappa shape index (κ1) is 23.1. The van der Waals surface area contributed by atoms with Crippen molar-refractivity contribution in [3.63, 3.8) is 0 Å². The van der Waals surface area contributed by atoms with Crippen LogP contribution in [0.15, 0.2) is 30.3 Å². The number of methoxy groups -OCH3 is 1. The topological polar surface area (TPSA) is 58.8 Å². The van der Waals surface area contributed by atoms with Crippen LogP contribution in [0.2, 0.25) is 0 Å². The van der Waals surface area contributed by atoms with Gasteiger partial charge in [0.15, 0.2) is 0 Å². The summed E-state index contributed by atoms with van der Waals surface area (Å²) < 4.78 is 5.21. The van der Waals surface area contributed by atoms with Crippen LogP contribution in [0.25, 0.3) is 0 Å². The predicted molar refractivity (Wildman–Crippen MR) is 102 cm³/mol. The fourth-order valence-electron chi connectivity index (χ4n) is 2.96. The molecule has 138 valence electrons. The molecule has 0 aliphatic carbocycles. The number of amides is 1. The van der Waals surface area contributed by atoms with E-state index >= 15 is 0 Å². The summed E-state index contributed by atoms with van der Waals surface area (Å²) in [6.45, 7) is 6.01. The minimum absolute atomic E-state index is 0. The molecule has 0 bridgehead atoms. The van der Waals surface area contributed by atoms with E-state index in [1.165, 1.54) is 5.56 Å². The second kappa shape index (κ2) is 11.7. The van der Waals surface area contributed by atoms with Crippen LogP contribution in [0.1, 0.15) is 18.9 Å². The summed E-state index contributed by atoms with van der Waals surface area (Å²) in [5.41, 5.74) is 6.92. The lowest BCUT2D eigenvalue weighted by Gasteiger charge is -2.40. The van der Waals surface area contributed by atoms with Gasteiger partial charge in [0.25, 0.3) is 0 Å². The summed E-state index contributed by atoms with van der Waals surface area (Å²) in [5.74, 6) is 0.143. The summed E-state index contributed by atoms with van der Waals surface area (Å²) in [6, 6.07) is 10.7. The lowest BCUT2D eigenvalue weighted by molar-refractivity contribution is -0.138. The molecule has 0 aromatic heterocycles. The number of hydrogen-bond acceptors (Lipinski definition) is 4. The van der Waals surface area contributed by atoms with Crippen LogP contribution in [0.4, 0.5) is 0 Å². The molecule has 1 aliphatic heterocycles. The highest BCUT2D eigenvalue weighted by atomic mass is 35.5. The van der Waals surface area contributed by atoms with Gasteiger partial charge >= 0.3 is 0 Å². The Bertz CT molecular complexity index is 472. The van der Waals surface area contributed by atoms with Gasteiger partial charge in [-0.2, -0.15) is 0 Å². The molecule has 2 atom stereocenters. The number of carbonyl (C=O) groups excluding carboxylic acids is 1. The molecule has 2 unspecified atom stereocenters. The van der Waals surface area contributed by atoms with Gasteiger partial charge in [0.05, 0.1) is 12.5 Å². The van der Waals surface area contributed by atoms with Crippen LogP contribution in [0, 0.1) is 0 Å². The van der Waals surface area contributed by atoms with Crippen molar-refractivity contribution in [1.29, 1.82) is 0 Å². The van der Waals surface area contributed by atoms with E-state index in [1.807, 2.05) is 11.0 Å². The Morgan fingerprint density at radius 3 is 2.50 bits per heavy atom. The van der Waals surface area contributed by atoms with Gasteiger partial charge in [-0.05, 0) is 12.5 Å². The van der Waals surface area contributed by atoms with Gasteiger partial charge < -0.3 is 15.4 Å². The summed E-state index contributed by atoms with van der Waals surface area (Å²) in [6.07, 6.45) is 0.192. The molecule has 1 aliphatic rings. The molecule has 0 saturated carbocycles. The van der Waals surface area contributed by atoms with E-state index in [4.69, 9.17) is 10.5 Å². The molecule has 24 heavy (non-hydrogen) atoms. The largest absolute Gasteiger partial charge is 0.380 e. The number of nitrogens with two attached hydrogens (primary N) is 1. The Balaban J connectivity index is 0.00000264. The first-order valence-electron chi connectivity index (χ1n) is 7.92. The number of nitrogens with zero attached hydrogens (tertiary/aromatic N) is 2. The zero-order chi connectivity index (χ0) is 15.9. The van der Waals surface area contributed by atoms with Crippen molar-refractivity contribution in [3.05, 3.63) is 35.9 Å². The molecule has 1 heterocycles. The van der Waals surface area contributed by atoms with Crippen molar-refractivity contribution < 1.29 is 9.53 Å². The van der Waals surface area contributed by atoms with Crippen molar-refractivity contribution in [1.82, 2.24) is 9.80 Å². The molecular weight excluding hydrogens is 349 g/mol. The summed E-state index contributed by atoms with van der Waals surface area (Å²) in [7, 11) is 1.60. The van der Waals surface area contributed by atoms with E-state index in [9.17, 15) is 4.79 Å². The first-order valence-corrected chi connectivity index (χ1v) is 7.92. The van der Waals surface area contributed by atoms with Crippen LogP contribution >= 0.6 is 24.8 Å². The summed E-state index contributed by atoms with van der Waals surface area (Å²) in [5, 5.41) is 0. The molecule has 1 aromatic carbocycles. The van der Waals surface area contributed by atoms with Gasteiger partial charge in [0.2, 0.25) is 5.91 Å². The Morgan fingerprint density at radius 2 is 1.96 bits per heavy atom. The molecule has 0 radical (unpaired) electrons. The zero-order valence-electron chi connectivity index (χ0n) is 14.4. The molecule has 5 nitrogen and oxygen atoms in total. The maximum Gasteiger partial charge on any atom is 0.225 e. The number of rotatable bonds is 6. The van der Waals surface area contributed by atoms with Crippen molar-refractivity contribution in [2.24, 2.45) is 5.73 Å². The van der Waals surface area contributed by atoms with Crippen molar-refractivity contribution in [3.8, 4) is 0 Å². The summed E-state index contributed by atoms with van der Waals surface area (Å²) >= 11 is 0. The lowest BCUT2D eigenvalue weighted by Crippen LogP contribution is -2.54. The number of piperazine rings is 1. The smallest absolute Gasteiger partial charge is 0.225 e. The molecular formula is C17H29Cl2N3O2. The highest BCUT2D eigenvalue weighted by Crippen LogP contribution is 2.15. The molecule has 0 spiro atoms. The maximum absolute atomic E-state index is 12.4. The van der Waals surface area contributed by atoms with E-state index in [2.05, 4.69) is 36.1 Å². The normalized spacial score (nSPS) is 19.1. The molecule has 1 aromatic rings. The second-order valence-electron chi connectivity index (χ2n) is 5.95. The van der Waals surface area contributed by atoms with E-state index in [-0.39, 0.29) is 42.9 Å². The van der Waals surface area contributed by atoms with Gasteiger partial charge in [0.1, 0.15) is 0 Å². The van der Waals surface area contributed by atoms with Crippen LogP contribution in [0.5, 0.6) is 0 Å². The minimum Gasteiger partial charge on any atom is -0.380 e.